The molecule has 0 aliphatic heterocycles. The van der Waals surface area contributed by atoms with Gasteiger partial charge in [-0.05, 0) is 54.1 Å². The number of halogens is 2. The third kappa shape index (κ3) is 3.73. The maximum absolute atomic E-state index is 12.5. The van der Waals surface area contributed by atoms with E-state index in [1.807, 2.05) is 18.2 Å². The maximum Gasteiger partial charge on any atom is 0.274 e. The van der Waals surface area contributed by atoms with Gasteiger partial charge in [0.2, 0.25) is 0 Å². The van der Waals surface area contributed by atoms with E-state index in [9.17, 15) is 9.59 Å². The number of rotatable bonds is 4. The minimum atomic E-state index is -0.658. The SMILES string of the molecule is O=C(NO)c1ccc(C(=O)Nc2n[nH]c3cc(-c4c(Cl)cccc4Cl)ccc23)cc1. The van der Waals surface area contributed by atoms with Gasteiger partial charge in [-0.1, -0.05) is 35.3 Å². The highest BCUT2D eigenvalue weighted by Crippen LogP contribution is 2.36. The topological polar surface area (TPSA) is 107 Å². The molecular weight excluding hydrogens is 427 g/mol. The Morgan fingerprint density at radius 2 is 1.53 bits per heavy atom. The van der Waals surface area contributed by atoms with Crippen LogP contribution in [-0.4, -0.2) is 27.2 Å². The van der Waals surface area contributed by atoms with Gasteiger partial charge in [0.05, 0.1) is 5.52 Å². The van der Waals surface area contributed by atoms with Crippen LogP contribution >= 0.6 is 23.2 Å². The molecule has 2 amide bonds. The first kappa shape index (κ1) is 19.9. The van der Waals surface area contributed by atoms with E-state index < -0.39 is 11.8 Å². The number of H-pyrrole nitrogens is 1. The van der Waals surface area contributed by atoms with Crippen LogP contribution in [0.2, 0.25) is 10.0 Å². The van der Waals surface area contributed by atoms with Crippen LogP contribution in [0.4, 0.5) is 5.82 Å². The third-order valence-corrected chi connectivity index (χ3v) is 5.19. The zero-order valence-corrected chi connectivity index (χ0v) is 16.8. The van der Waals surface area contributed by atoms with Crippen molar-refractivity contribution in [3.8, 4) is 11.1 Å². The smallest absolute Gasteiger partial charge is 0.274 e. The third-order valence-electron chi connectivity index (χ3n) is 4.56. The largest absolute Gasteiger partial charge is 0.305 e. The number of benzene rings is 3. The molecule has 4 rings (SSSR count). The Hall–Kier alpha value is -3.39. The van der Waals surface area contributed by atoms with Crippen LogP contribution in [0, 0.1) is 0 Å². The average Bonchev–Trinajstić information content (AvgIpc) is 3.15. The highest BCUT2D eigenvalue weighted by atomic mass is 35.5. The second kappa shape index (κ2) is 8.16. The first-order valence-electron chi connectivity index (χ1n) is 8.76. The number of hydroxylamine groups is 1. The molecule has 3 aromatic carbocycles. The van der Waals surface area contributed by atoms with E-state index in [1.165, 1.54) is 29.7 Å². The Labute approximate surface area is 180 Å². The Bertz CT molecular complexity index is 1250. The number of nitrogens with zero attached hydrogens (tertiary/aromatic N) is 1. The second-order valence-electron chi connectivity index (χ2n) is 6.40. The molecule has 0 bridgehead atoms. The second-order valence-corrected chi connectivity index (χ2v) is 7.22. The van der Waals surface area contributed by atoms with Crippen molar-refractivity contribution in [2.45, 2.75) is 0 Å². The van der Waals surface area contributed by atoms with Gasteiger partial charge in [-0.25, -0.2) is 5.48 Å². The van der Waals surface area contributed by atoms with Gasteiger partial charge >= 0.3 is 0 Å². The molecule has 1 heterocycles. The van der Waals surface area contributed by atoms with Crippen molar-refractivity contribution in [1.29, 1.82) is 0 Å². The maximum atomic E-state index is 12.5. The summed E-state index contributed by atoms with van der Waals surface area (Å²) < 4.78 is 0. The predicted octanol–water partition coefficient (Wildman–Crippen LogP) is 4.91. The van der Waals surface area contributed by atoms with Gasteiger partial charge in [0.1, 0.15) is 0 Å². The molecule has 0 saturated heterocycles. The van der Waals surface area contributed by atoms with Crippen LogP contribution in [0.3, 0.4) is 0 Å². The number of hydrogen-bond acceptors (Lipinski definition) is 4. The number of anilines is 1. The van der Waals surface area contributed by atoms with Crippen LogP contribution in [0.5, 0.6) is 0 Å². The van der Waals surface area contributed by atoms with E-state index in [0.29, 0.717) is 32.3 Å². The quantitative estimate of drug-likeness (QED) is 0.267. The summed E-state index contributed by atoms with van der Waals surface area (Å²) in [5.74, 6) is -0.684. The van der Waals surface area contributed by atoms with Gasteiger partial charge < -0.3 is 5.32 Å². The van der Waals surface area contributed by atoms with E-state index in [-0.39, 0.29) is 5.56 Å². The van der Waals surface area contributed by atoms with E-state index in [0.717, 1.165) is 11.1 Å². The number of carbonyl (C=O) groups excluding carboxylic acids is 2. The fourth-order valence-electron chi connectivity index (χ4n) is 3.06. The van der Waals surface area contributed by atoms with Gasteiger partial charge in [-0.2, -0.15) is 5.10 Å². The predicted molar refractivity (Wildman–Crippen MR) is 115 cm³/mol. The van der Waals surface area contributed by atoms with Crippen molar-refractivity contribution < 1.29 is 14.8 Å². The fraction of sp³-hybridized carbons (Fsp3) is 0. The lowest BCUT2D eigenvalue weighted by molar-refractivity contribution is 0.0706. The van der Waals surface area contributed by atoms with Gasteiger partial charge in [0.25, 0.3) is 11.8 Å². The lowest BCUT2D eigenvalue weighted by Gasteiger charge is -2.07. The molecule has 0 saturated carbocycles. The molecule has 9 heteroatoms. The van der Waals surface area contributed by atoms with Crippen molar-refractivity contribution in [2.75, 3.05) is 5.32 Å². The zero-order valence-electron chi connectivity index (χ0n) is 15.2. The Morgan fingerprint density at radius 3 is 2.17 bits per heavy atom. The Morgan fingerprint density at radius 1 is 0.900 bits per heavy atom. The molecular formula is C21H14Cl2N4O3. The molecule has 4 aromatic rings. The summed E-state index contributed by atoms with van der Waals surface area (Å²) in [6.07, 6.45) is 0. The van der Waals surface area contributed by atoms with Crippen LogP contribution in [0.1, 0.15) is 20.7 Å². The van der Waals surface area contributed by atoms with Crippen molar-refractivity contribution >= 4 is 51.7 Å². The summed E-state index contributed by atoms with van der Waals surface area (Å²) in [6, 6.07) is 16.7. The normalized spacial score (nSPS) is 10.8. The molecule has 0 fully saturated rings. The molecule has 4 N–H and O–H groups in total. The summed E-state index contributed by atoms with van der Waals surface area (Å²) >= 11 is 12.6. The lowest BCUT2D eigenvalue weighted by atomic mass is 10.0. The first-order chi connectivity index (χ1) is 14.5. The average molecular weight is 441 g/mol. The van der Waals surface area contributed by atoms with E-state index >= 15 is 0 Å². The summed E-state index contributed by atoms with van der Waals surface area (Å²) in [6.45, 7) is 0. The van der Waals surface area contributed by atoms with Crippen LogP contribution in [0.25, 0.3) is 22.0 Å². The van der Waals surface area contributed by atoms with Crippen LogP contribution < -0.4 is 10.8 Å². The first-order valence-corrected chi connectivity index (χ1v) is 9.52. The summed E-state index contributed by atoms with van der Waals surface area (Å²) in [5, 5.41) is 20.3. The number of nitrogens with one attached hydrogen (secondary N) is 3. The van der Waals surface area contributed by atoms with E-state index in [2.05, 4.69) is 15.5 Å². The minimum Gasteiger partial charge on any atom is -0.305 e. The Kier molecular flexibility index (Phi) is 5.41. The number of hydrogen-bond donors (Lipinski definition) is 4. The molecule has 0 spiro atoms. The number of amides is 2. The van der Waals surface area contributed by atoms with Crippen LogP contribution in [0.15, 0.2) is 60.7 Å². The summed E-state index contributed by atoms with van der Waals surface area (Å²) in [4.78, 5) is 23.9. The number of fused-ring (bicyclic) bond motifs is 1. The summed E-state index contributed by atoms with van der Waals surface area (Å²) in [7, 11) is 0. The van der Waals surface area contributed by atoms with Crippen LogP contribution in [-0.2, 0) is 0 Å². The minimum absolute atomic E-state index is 0.227. The number of aromatic nitrogens is 2. The van der Waals surface area contributed by atoms with Crippen molar-refractivity contribution in [2.24, 2.45) is 0 Å². The fourth-order valence-corrected chi connectivity index (χ4v) is 3.68. The lowest BCUT2D eigenvalue weighted by Crippen LogP contribution is -2.19. The molecule has 0 atom stereocenters. The number of carbonyl (C=O) groups is 2. The van der Waals surface area contributed by atoms with Gasteiger partial charge in [0.15, 0.2) is 5.82 Å². The van der Waals surface area contributed by atoms with Crippen molar-refractivity contribution in [3.05, 3.63) is 81.8 Å². The molecule has 0 unspecified atom stereocenters. The molecule has 1 aromatic heterocycles. The molecule has 7 nitrogen and oxygen atoms in total. The molecule has 30 heavy (non-hydrogen) atoms. The van der Waals surface area contributed by atoms with E-state index in [4.69, 9.17) is 28.4 Å². The van der Waals surface area contributed by atoms with E-state index in [1.54, 1.807) is 18.2 Å². The number of aromatic amines is 1. The molecule has 0 aliphatic carbocycles. The molecule has 150 valence electrons. The highest BCUT2D eigenvalue weighted by molar-refractivity contribution is 6.39. The Balaban J connectivity index is 1.60. The van der Waals surface area contributed by atoms with Gasteiger partial charge in [-0.3, -0.25) is 19.9 Å². The van der Waals surface area contributed by atoms with Gasteiger partial charge in [-0.15, -0.1) is 0 Å². The van der Waals surface area contributed by atoms with Crippen molar-refractivity contribution in [3.63, 3.8) is 0 Å². The molecule has 0 aliphatic rings. The summed E-state index contributed by atoms with van der Waals surface area (Å²) in [5.41, 5.74) is 4.34. The van der Waals surface area contributed by atoms with Gasteiger partial charge in [0, 0.05) is 32.1 Å². The van der Waals surface area contributed by atoms with Crippen molar-refractivity contribution in [1.82, 2.24) is 15.7 Å². The standard InChI is InChI=1S/C21H14Cl2N4O3/c22-15-2-1-3-16(23)18(15)13-8-9-14-17(10-13)25-26-19(14)24-20(28)11-4-6-12(7-5-11)21(29)27-30/h1-10,30H,(H,27,29)(H2,24,25,26,28). The highest BCUT2D eigenvalue weighted by Gasteiger charge is 2.14. The zero-order chi connectivity index (χ0) is 21.3. The molecule has 0 radical (unpaired) electrons. The monoisotopic (exact) mass is 440 g/mol.